The topological polar surface area (TPSA) is 47.0 Å². The zero-order chi connectivity index (χ0) is 19.8. The first-order valence-corrected chi connectivity index (χ1v) is 10.1. The number of nitrogens with zero attached hydrogens (tertiary/aromatic N) is 2. The molecule has 0 bridgehead atoms. The largest absolute Gasteiger partial charge is 0.495 e. The highest BCUT2D eigenvalue weighted by molar-refractivity contribution is 7.17. The van der Waals surface area contributed by atoms with Gasteiger partial charge in [-0.25, -0.2) is 9.97 Å². The van der Waals surface area contributed by atoms with Crippen molar-refractivity contribution in [1.82, 2.24) is 9.97 Å². The summed E-state index contributed by atoms with van der Waals surface area (Å²) in [6.07, 6.45) is 1.59. The number of aromatic nitrogens is 2. The van der Waals surface area contributed by atoms with Crippen LogP contribution < -0.4 is 10.1 Å². The second kappa shape index (κ2) is 7.41. The van der Waals surface area contributed by atoms with Crippen molar-refractivity contribution in [2.75, 3.05) is 12.4 Å². The summed E-state index contributed by atoms with van der Waals surface area (Å²) in [7, 11) is 1.63. The lowest BCUT2D eigenvalue weighted by Crippen LogP contribution is -1.99. The number of anilines is 2. The molecule has 4 aromatic rings. The van der Waals surface area contributed by atoms with Crippen molar-refractivity contribution in [3.05, 3.63) is 63.8 Å². The van der Waals surface area contributed by atoms with Gasteiger partial charge >= 0.3 is 0 Å². The van der Waals surface area contributed by atoms with Crippen molar-refractivity contribution in [1.29, 1.82) is 0 Å². The van der Waals surface area contributed by atoms with Crippen LogP contribution in [-0.2, 0) is 0 Å². The molecule has 0 amide bonds. The van der Waals surface area contributed by atoms with Crippen molar-refractivity contribution in [2.45, 2.75) is 20.8 Å². The Labute approximate surface area is 173 Å². The highest BCUT2D eigenvalue weighted by Crippen LogP contribution is 2.40. The Morgan fingerprint density at radius 3 is 2.57 bits per heavy atom. The lowest BCUT2D eigenvalue weighted by molar-refractivity contribution is 0.416. The molecule has 0 unspecified atom stereocenters. The SMILES string of the molecule is COc1cc(Cl)c(C)cc1Nc1ncnc2scc(-c3ccc(C)cc3C)c12. The van der Waals surface area contributed by atoms with E-state index in [1.165, 1.54) is 16.7 Å². The molecule has 4 nitrogen and oxygen atoms in total. The molecule has 0 radical (unpaired) electrons. The third-order valence-corrected chi connectivity index (χ3v) is 6.07. The third-order valence-electron chi connectivity index (χ3n) is 4.78. The molecule has 0 aliphatic carbocycles. The molecule has 28 heavy (non-hydrogen) atoms. The smallest absolute Gasteiger partial charge is 0.143 e. The van der Waals surface area contributed by atoms with E-state index >= 15 is 0 Å². The van der Waals surface area contributed by atoms with Crippen LogP contribution in [0.1, 0.15) is 16.7 Å². The second-order valence-electron chi connectivity index (χ2n) is 6.80. The number of benzene rings is 2. The minimum atomic E-state index is 0.668. The van der Waals surface area contributed by atoms with Gasteiger partial charge in [0, 0.05) is 22.0 Å². The summed E-state index contributed by atoms with van der Waals surface area (Å²) in [6.45, 7) is 6.20. The maximum Gasteiger partial charge on any atom is 0.143 e. The number of thiophene rings is 1. The molecule has 0 atom stereocenters. The van der Waals surface area contributed by atoms with Crippen LogP contribution >= 0.6 is 22.9 Å². The lowest BCUT2D eigenvalue weighted by atomic mass is 9.99. The first-order valence-electron chi connectivity index (χ1n) is 8.89. The zero-order valence-electron chi connectivity index (χ0n) is 16.1. The second-order valence-corrected chi connectivity index (χ2v) is 8.06. The van der Waals surface area contributed by atoms with Crippen LogP contribution in [0.15, 0.2) is 42.0 Å². The van der Waals surface area contributed by atoms with Crippen LogP contribution in [0.2, 0.25) is 5.02 Å². The third kappa shape index (κ3) is 3.32. The van der Waals surface area contributed by atoms with Crippen molar-refractivity contribution in [3.63, 3.8) is 0 Å². The van der Waals surface area contributed by atoms with Crippen LogP contribution in [0, 0.1) is 20.8 Å². The summed E-state index contributed by atoms with van der Waals surface area (Å²) in [5, 5.41) is 7.26. The predicted molar refractivity (Wildman–Crippen MR) is 118 cm³/mol. The zero-order valence-corrected chi connectivity index (χ0v) is 17.7. The number of halogens is 1. The molecule has 2 aromatic carbocycles. The van der Waals surface area contributed by atoms with E-state index in [1.807, 2.05) is 19.1 Å². The fourth-order valence-corrected chi connectivity index (χ4v) is 4.40. The van der Waals surface area contributed by atoms with Gasteiger partial charge in [0.25, 0.3) is 0 Å². The van der Waals surface area contributed by atoms with Crippen LogP contribution in [0.25, 0.3) is 21.3 Å². The molecule has 0 spiro atoms. The molecular weight excluding hydrogens is 390 g/mol. The van der Waals surface area contributed by atoms with Crippen LogP contribution in [0.5, 0.6) is 5.75 Å². The van der Waals surface area contributed by atoms with Gasteiger partial charge in [0.15, 0.2) is 0 Å². The van der Waals surface area contributed by atoms with Gasteiger partial charge in [-0.05, 0) is 43.5 Å². The van der Waals surface area contributed by atoms with Gasteiger partial charge < -0.3 is 10.1 Å². The Balaban J connectivity index is 1.87. The number of ether oxygens (including phenoxy) is 1. The van der Waals surface area contributed by atoms with Crippen molar-refractivity contribution >= 4 is 44.7 Å². The van der Waals surface area contributed by atoms with Gasteiger partial charge in [0.05, 0.1) is 18.2 Å². The summed E-state index contributed by atoms with van der Waals surface area (Å²) in [5.74, 6) is 1.42. The molecule has 0 saturated carbocycles. The molecule has 2 heterocycles. The van der Waals surface area contributed by atoms with Gasteiger partial charge in [0.1, 0.15) is 22.7 Å². The quantitative estimate of drug-likeness (QED) is 0.408. The fourth-order valence-electron chi connectivity index (χ4n) is 3.34. The first-order chi connectivity index (χ1) is 13.5. The average molecular weight is 410 g/mol. The van der Waals surface area contributed by atoms with E-state index in [9.17, 15) is 0 Å². The van der Waals surface area contributed by atoms with Gasteiger partial charge in [0.2, 0.25) is 0 Å². The molecule has 4 rings (SSSR count). The Morgan fingerprint density at radius 1 is 1.00 bits per heavy atom. The molecule has 1 N–H and O–H groups in total. The molecule has 2 aromatic heterocycles. The predicted octanol–water partition coefficient (Wildman–Crippen LogP) is 6.69. The van der Waals surface area contributed by atoms with Crippen molar-refractivity contribution < 1.29 is 4.74 Å². The van der Waals surface area contributed by atoms with Crippen molar-refractivity contribution in [3.8, 4) is 16.9 Å². The Kier molecular flexibility index (Phi) is 4.96. The lowest BCUT2D eigenvalue weighted by Gasteiger charge is -2.14. The van der Waals surface area contributed by atoms with Crippen LogP contribution in [0.4, 0.5) is 11.5 Å². The van der Waals surface area contributed by atoms with E-state index in [1.54, 1.807) is 24.8 Å². The van der Waals surface area contributed by atoms with Gasteiger partial charge in [-0.2, -0.15) is 0 Å². The number of hydrogen-bond donors (Lipinski definition) is 1. The number of aryl methyl sites for hydroxylation is 3. The van der Waals surface area contributed by atoms with Crippen molar-refractivity contribution in [2.24, 2.45) is 0 Å². The maximum absolute atomic E-state index is 6.25. The van der Waals surface area contributed by atoms with E-state index in [-0.39, 0.29) is 0 Å². The summed E-state index contributed by atoms with van der Waals surface area (Å²) < 4.78 is 5.51. The number of nitrogens with one attached hydrogen (secondary N) is 1. The molecule has 0 aliphatic heterocycles. The number of methoxy groups -OCH3 is 1. The summed E-state index contributed by atoms with van der Waals surface area (Å²) in [5.41, 5.74) is 6.59. The maximum atomic E-state index is 6.25. The minimum Gasteiger partial charge on any atom is -0.495 e. The van der Waals surface area contributed by atoms with E-state index in [0.717, 1.165) is 32.8 Å². The van der Waals surface area contributed by atoms with Gasteiger partial charge in [-0.15, -0.1) is 11.3 Å². The normalized spacial score (nSPS) is 11.0. The molecule has 142 valence electrons. The minimum absolute atomic E-state index is 0.668. The van der Waals surface area contributed by atoms with E-state index in [2.05, 4.69) is 52.7 Å². The van der Waals surface area contributed by atoms with E-state index in [4.69, 9.17) is 16.3 Å². The average Bonchev–Trinajstić information content (AvgIpc) is 3.09. The number of rotatable bonds is 4. The summed E-state index contributed by atoms with van der Waals surface area (Å²) >= 11 is 7.87. The Hall–Kier alpha value is -2.63. The van der Waals surface area contributed by atoms with E-state index in [0.29, 0.717) is 10.8 Å². The monoisotopic (exact) mass is 409 g/mol. The summed E-state index contributed by atoms with van der Waals surface area (Å²) in [6, 6.07) is 10.3. The first kappa shape index (κ1) is 18.7. The molecule has 0 aliphatic rings. The van der Waals surface area contributed by atoms with Gasteiger partial charge in [-0.1, -0.05) is 35.4 Å². The molecule has 6 heteroatoms. The number of fused-ring (bicyclic) bond motifs is 1. The van der Waals surface area contributed by atoms with Crippen LogP contribution in [-0.4, -0.2) is 17.1 Å². The highest BCUT2D eigenvalue weighted by Gasteiger charge is 2.16. The van der Waals surface area contributed by atoms with Gasteiger partial charge in [-0.3, -0.25) is 0 Å². The molecule has 0 fully saturated rings. The Bertz CT molecular complexity index is 1190. The fraction of sp³-hybridized carbons (Fsp3) is 0.182. The molecule has 0 saturated heterocycles. The number of hydrogen-bond acceptors (Lipinski definition) is 5. The van der Waals surface area contributed by atoms with E-state index < -0.39 is 0 Å². The Morgan fingerprint density at radius 2 is 1.82 bits per heavy atom. The van der Waals surface area contributed by atoms with Crippen LogP contribution in [0.3, 0.4) is 0 Å². The molecular formula is C22H20ClN3OS. The highest BCUT2D eigenvalue weighted by atomic mass is 35.5. The summed E-state index contributed by atoms with van der Waals surface area (Å²) in [4.78, 5) is 9.94. The standard InChI is InChI=1S/C22H20ClN3OS/c1-12-5-6-15(13(2)7-12)16-10-28-22-20(16)21(24-11-25-22)26-18-8-14(3)17(23)9-19(18)27-4/h5-11H,1-4H3,(H,24,25,26).